The fraction of sp³-hybridized carbons (Fsp3) is 0.900. The molecule has 0 aliphatic heterocycles. The van der Waals surface area contributed by atoms with Crippen molar-refractivity contribution in [2.24, 2.45) is 41.4 Å². The molecule has 0 radical (unpaired) electrons. The average Bonchev–Trinajstić information content (AvgIpc) is 2.86. The highest BCUT2D eigenvalue weighted by Crippen LogP contribution is 2.23. The average molecular weight is 559 g/mol. The number of hydrogen-bond donors (Lipinski definition) is 0. The van der Waals surface area contributed by atoms with E-state index in [4.69, 9.17) is 0 Å². The fourth-order valence-electron chi connectivity index (χ4n) is 6.16. The molecule has 0 aliphatic rings. The van der Waals surface area contributed by atoms with Crippen molar-refractivity contribution in [2.45, 2.75) is 191 Å². The number of hydrogen-bond acceptors (Lipinski definition) is 0. The maximum Gasteiger partial charge on any atom is -0.0262 e. The van der Waals surface area contributed by atoms with E-state index in [2.05, 4.69) is 87.5 Å². The van der Waals surface area contributed by atoms with Gasteiger partial charge >= 0.3 is 0 Å². The summed E-state index contributed by atoms with van der Waals surface area (Å²) in [5.74, 6) is 6.00. The summed E-state index contributed by atoms with van der Waals surface area (Å²) in [6.07, 6.45) is 33.9. The van der Waals surface area contributed by atoms with E-state index in [1.165, 1.54) is 122 Å². The van der Waals surface area contributed by atoms with Crippen LogP contribution in [0.2, 0.25) is 0 Å². The summed E-state index contributed by atoms with van der Waals surface area (Å²) >= 11 is 0. The van der Waals surface area contributed by atoms with Gasteiger partial charge in [-0.1, -0.05) is 170 Å². The molecule has 0 aromatic rings. The molecule has 5 unspecified atom stereocenters. The van der Waals surface area contributed by atoms with Crippen molar-refractivity contribution in [2.75, 3.05) is 0 Å². The Kier molecular flexibility index (Phi) is 25.8. The molecule has 0 aromatic heterocycles. The summed E-state index contributed by atoms with van der Waals surface area (Å²) in [6, 6.07) is 0. The molecule has 40 heavy (non-hydrogen) atoms. The van der Waals surface area contributed by atoms with E-state index in [-0.39, 0.29) is 0 Å². The van der Waals surface area contributed by atoms with Gasteiger partial charge in [0.1, 0.15) is 0 Å². The van der Waals surface area contributed by atoms with Gasteiger partial charge in [0.2, 0.25) is 0 Å². The fourth-order valence-corrected chi connectivity index (χ4v) is 6.16. The lowest BCUT2D eigenvalue weighted by Gasteiger charge is -2.15. The van der Waals surface area contributed by atoms with E-state index in [9.17, 15) is 0 Å². The van der Waals surface area contributed by atoms with Crippen molar-refractivity contribution >= 4 is 0 Å². The van der Waals surface area contributed by atoms with Crippen LogP contribution in [-0.2, 0) is 0 Å². The second-order valence-electron chi connectivity index (χ2n) is 15.4. The molecule has 0 fully saturated rings. The van der Waals surface area contributed by atoms with Crippen molar-refractivity contribution in [3.63, 3.8) is 0 Å². The molecule has 0 bridgehead atoms. The van der Waals surface area contributed by atoms with Gasteiger partial charge in [-0.2, -0.15) is 0 Å². The van der Waals surface area contributed by atoms with Gasteiger partial charge < -0.3 is 0 Å². The number of rotatable bonds is 27. The van der Waals surface area contributed by atoms with Gasteiger partial charge in [-0.25, -0.2) is 0 Å². The Balaban J connectivity index is 3.76. The summed E-state index contributed by atoms with van der Waals surface area (Å²) in [7, 11) is 0. The first-order chi connectivity index (χ1) is 19.0. The van der Waals surface area contributed by atoms with E-state index in [0.29, 0.717) is 0 Å². The quantitative estimate of drug-likeness (QED) is 0.0694. The molecule has 0 spiro atoms. The van der Waals surface area contributed by atoms with Crippen molar-refractivity contribution in [1.29, 1.82) is 0 Å². The van der Waals surface area contributed by atoms with Crippen LogP contribution < -0.4 is 0 Å². The monoisotopic (exact) mass is 559 g/mol. The van der Waals surface area contributed by atoms with Crippen LogP contribution in [0.15, 0.2) is 23.8 Å². The third kappa shape index (κ3) is 27.6. The van der Waals surface area contributed by atoms with Crippen molar-refractivity contribution in [1.82, 2.24) is 0 Å². The Morgan fingerprint density at radius 1 is 0.475 bits per heavy atom. The Morgan fingerprint density at radius 3 is 1.50 bits per heavy atom. The van der Waals surface area contributed by atoms with Crippen LogP contribution in [0.3, 0.4) is 0 Å². The minimum atomic E-state index is 0.747. The molecule has 0 nitrogen and oxygen atoms in total. The summed E-state index contributed by atoms with van der Waals surface area (Å²) in [5.41, 5.74) is 1.61. The normalized spacial score (nSPS) is 16.6. The van der Waals surface area contributed by atoms with Crippen LogP contribution >= 0.6 is 0 Å². The third-order valence-corrected chi connectivity index (χ3v) is 9.38. The molecule has 0 saturated carbocycles. The zero-order valence-electron chi connectivity index (χ0n) is 29.7. The van der Waals surface area contributed by atoms with Gasteiger partial charge in [0, 0.05) is 0 Å². The van der Waals surface area contributed by atoms with E-state index in [0.717, 1.165) is 41.4 Å². The van der Waals surface area contributed by atoms with E-state index < -0.39 is 0 Å². The highest BCUT2D eigenvalue weighted by atomic mass is 14.1. The van der Waals surface area contributed by atoms with Crippen LogP contribution in [0.4, 0.5) is 0 Å². The second kappa shape index (κ2) is 26.1. The summed E-state index contributed by atoms with van der Waals surface area (Å²) in [5, 5.41) is 0. The Bertz CT molecular complexity index is 593. The first-order valence-electron chi connectivity index (χ1n) is 18.3. The zero-order valence-corrected chi connectivity index (χ0v) is 29.7. The number of unbranched alkanes of at least 4 members (excludes halogenated alkanes) is 1. The van der Waals surface area contributed by atoms with Crippen LogP contribution in [0, 0.1) is 41.4 Å². The van der Waals surface area contributed by atoms with Gasteiger partial charge in [-0.05, 0) is 86.9 Å². The first-order valence-corrected chi connectivity index (χ1v) is 18.3. The predicted octanol–water partition coefficient (Wildman–Crippen LogP) is 14.4. The van der Waals surface area contributed by atoms with Crippen LogP contribution in [0.5, 0.6) is 0 Å². The van der Waals surface area contributed by atoms with Gasteiger partial charge in [-0.15, -0.1) is 0 Å². The molecule has 0 rings (SSSR count). The van der Waals surface area contributed by atoms with E-state index in [1.54, 1.807) is 5.57 Å². The van der Waals surface area contributed by atoms with Crippen LogP contribution in [0.1, 0.15) is 191 Å². The third-order valence-electron chi connectivity index (χ3n) is 9.38. The predicted molar refractivity (Wildman–Crippen MR) is 186 cm³/mol. The lowest BCUT2D eigenvalue weighted by molar-refractivity contribution is 0.398. The maximum atomic E-state index is 2.52. The Morgan fingerprint density at radius 2 is 0.925 bits per heavy atom. The maximum absolute atomic E-state index is 2.52. The van der Waals surface area contributed by atoms with Gasteiger partial charge in [0.15, 0.2) is 0 Å². The highest BCUT2D eigenvalue weighted by Gasteiger charge is 2.08. The summed E-state index contributed by atoms with van der Waals surface area (Å²) < 4.78 is 0. The lowest BCUT2D eigenvalue weighted by Crippen LogP contribution is -2.00. The second-order valence-corrected chi connectivity index (χ2v) is 15.4. The van der Waals surface area contributed by atoms with E-state index >= 15 is 0 Å². The standard InChI is InChI=1S/C40H78/c1-33(2)19-13-23-37(7)27-17-31-39(9)29-15-25-35(5)21-11-12-22-36(6)26-16-30-40(10)32-18-28-38(8)24-14-20-34(3)4/h15,25,28,33-37,39-40H,11-14,16-24,26-27,29-32H2,1-10H3/b25-15+,38-28+. The molecule has 0 saturated heterocycles. The molecular weight excluding hydrogens is 480 g/mol. The van der Waals surface area contributed by atoms with Crippen LogP contribution in [0.25, 0.3) is 0 Å². The summed E-state index contributed by atoms with van der Waals surface area (Å²) in [4.78, 5) is 0. The molecule has 0 aliphatic carbocycles. The minimum Gasteiger partial charge on any atom is -0.0880 e. The molecule has 0 aromatic carbocycles. The molecule has 0 heterocycles. The molecular formula is C40H78. The molecule has 0 amide bonds. The Labute approximate surface area is 256 Å². The topological polar surface area (TPSA) is 0 Å². The van der Waals surface area contributed by atoms with E-state index in [1.807, 2.05) is 0 Å². The van der Waals surface area contributed by atoms with Gasteiger partial charge in [0.25, 0.3) is 0 Å². The van der Waals surface area contributed by atoms with Crippen LogP contribution in [-0.4, -0.2) is 0 Å². The molecule has 0 heteroatoms. The van der Waals surface area contributed by atoms with Crippen molar-refractivity contribution in [3.05, 3.63) is 23.8 Å². The first kappa shape index (κ1) is 39.5. The van der Waals surface area contributed by atoms with Crippen molar-refractivity contribution < 1.29 is 0 Å². The van der Waals surface area contributed by atoms with Gasteiger partial charge in [-0.3, -0.25) is 0 Å². The number of allylic oxidation sites excluding steroid dienone is 4. The van der Waals surface area contributed by atoms with Crippen molar-refractivity contribution in [3.8, 4) is 0 Å². The Hall–Kier alpha value is -0.520. The smallest absolute Gasteiger partial charge is 0.0262 e. The highest BCUT2D eigenvalue weighted by molar-refractivity contribution is 4.97. The molecule has 238 valence electrons. The molecule has 5 atom stereocenters. The molecule has 0 N–H and O–H groups in total. The largest absolute Gasteiger partial charge is 0.0880 e. The summed E-state index contributed by atoms with van der Waals surface area (Å²) in [6.45, 7) is 24.0. The zero-order chi connectivity index (χ0) is 30.2. The minimum absolute atomic E-state index is 0.747. The lowest BCUT2D eigenvalue weighted by atomic mass is 9.91. The van der Waals surface area contributed by atoms with Gasteiger partial charge in [0.05, 0.1) is 0 Å². The SMILES string of the molecule is C/C(=C\CCC(C)CCCC(C)CCCCC(C)/C=C/CC(C)CCCC(C)CCCC(C)C)CCCC(C)C.